The van der Waals surface area contributed by atoms with Crippen LogP contribution in [0, 0.1) is 0 Å². The number of hydrogen-bond acceptors (Lipinski definition) is 4. The Kier molecular flexibility index (Phi) is 3.29. The molecule has 2 atom stereocenters. The van der Waals surface area contributed by atoms with Crippen molar-refractivity contribution in [2.24, 2.45) is 10.2 Å². The molecule has 1 aliphatic rings. The third kappa shape index (κ3) is 2.20. The first-order chi connectivity index (χ1) is 9.77. The van der Waals surface area contributed by atoms with E-state index in [0.717, 1.165) is 5.56 Å². The molecule has 1 aliphatic heterocycles. The average Bonchev–Trinajstić information content (AvgIpc) is 2.97. The lowest BCUT2D eigenvalue weighted by molar-refractivity contribution is 0.0955. The van der Waals surface area contributed by atoms with Gasteiger partial charge < -0.3 is 5.11 Å². The summed E-state index contributed by atoms with van der Waals surface area (Å²) in [7, 11) is 0. The lowest BCUT2D eigenvalue weighted by Crippen LogP contribution is -2.24. The van der Waals surface area contributed by atoms with E-state index in [0.29, 0.717) is 12.1 Å². The van der Waals surface area contributed by atoms with E-state index in [9.17, 15) is 9.90 Å². The molecule has 4 heteroatoms. The van der Waals surface area contributed by atoms with E-state index in [2.05, 4.69) is 10.2 Å². The smallest absolute Gasteiger partial charge is 0.189 e. The second-order valence-electron chi connectivity index (χ2n) is 4.78. The molecule has 0 unspecified atom stereocenters. The molecule has 3 rings (SSSR count). The second kappa shape index (κ2) is 5.25. The lowest BCUT2D eigenvalue weighted by Gasteiger charge is -2.16. The normalized spacial score (nSPS) is 21.0. The number of hydrogen-bond donors (Lipinski definition) is 1. The Labute approximate surface area is 116 Å². The fourth-order valence-corrected chi connectivity index (χ4v) is 2.48. The summed E-state index contributed by atoms with van der Waals surface area (Å²) in [6, 6.07) is 15.6. The zero-order chi connectivity index (χ0) is 13.9. The summed E-state index contributed by atoms with van der Waals surface area (Å²) in [6.45, 7) is 0.431. The van der Waals surface area contributed by atoms with Crippen LogP contribution >= 0.6 is 0 Å². The number of phenols is 1. The van der Waals surface area contributed by atoms with E-state index >= 15 is 0 Å². The SMILES string of the molecule is O=C(c1ccccc1)[C@H]1N=NC[C@@H]1c1ccccc1O. The van der Waals surface area contributed by atoms with E-state index in [1.165, 1.54) is 0 Å². The Balaban J connectivity index is 1.92. The largest absolute Gasteiger partial charge is 0.508 e. The first kappa shape index (κ1) is 12.5. The number of ketones is 1. The molecule has 4 nitrogen and oxygen atoms in total. The number of nitrogens with zero attached hydrogens (tertiary/aromatic N) is 2. The Morgan fingerprint density at radius 2 is 1.75 bits per heavy atom. The van der Waals surface area contributed by atoms with Gasteiger partial charge in [0.25, 0.3) is 0 Å². The van der Waals surface area contributed by atoms with Crippen molar-refractivity contribution in [3.63, 3.8) is 0 Å². The number of carbonyl (C=O) groups excluding carboxylic acids is 1. The molecule has 0 spiro atoms. The summed E-state index contributed by atoms with van der Waals surface area (Å²) in [4.78, 5) is 12.5. The summed E-state index contributed by atoms with van der Waals surface area (Å²) >= 11 is 0. The van der Waals surface area contributed by atoms with E-state index in [1.54, 1.807) is 24.3 Å². The van der Waals surface area contributed by atoms with Gasteiger partial charge in [0.2, 0.25) is 0 Å². The van der Waals surface area contributed by atoms with E-state index < -0.39 is 6.04 Å². The summed E-state index contributed by atoms with van der Waals surface area (Å²) in [5, 5.41) is 18.0. The van der Waals surface area contributed by atoms with Crippen molar-refractivity contribution >= 4 is 5.78 Å². The molecule has 0 aromatic heterocycles. The quantitative estimate of drug-likeness (QED) is 0.867. The van der Waals surface area contributed by atoms with Crippen LogP contribution in [0.3, 0.4) is 0 Å². The number of aromatic hydroxyl groups is 1. The topological polar surface area (TPSA) is 62.0 Å². The second-order valence-corrected chi connectivity index (χ2v) is 4.78. The van der Waals surface area contributed by atoms with Gasteiger partial charge in [0.05, 0.1) is 6.54 Å². The summed E-state index contributed by atoms with van der Waals surface area (Å²) in [5.41, 5.74) is 1.35. The van der Waals surface area contributed by atoms with Crippen LogP contribution in [0.25, 0.3) is 0 Å². The number of benzene rings is 2. The first-order valence-corrected chi connectivity index (χ1v) is 6.51. The highest BCUT2D eigenvalue weighted by atomic mass is 16.3. The van der Waals surface area contributed by atoms with Gasteiger partial charge in [0.1, 0.15) is 11.8 Å². The molecule has 0 amide bonds. The molecule has 100 valence electrons. The highest BCUT2D eigenvalue weighted by Gasteiger charge is 2.35. The van der Waals surface area contributed by atoms with Crippen LogP contribution in [0.2, 0.25) is 0 Å². The van der Waals surface area contributed by atoms with Crippen molar-refractivity contribution in [1.82, 2.24) is 0 Å². The van der Waals surface area contributed by atoms with E-state index in [-0.39, 0.29) is 17.5 Å². The minimum atomic E-state index is -0.550. The van der Waals surface area contributed by atoms with Gasteiger partial charge >= 0.3 is 0 Å². The predicted octanol–water partition coefficient (Wildman–Crippen LogP) is 3.19. The molecule has 20 heavy (non-hydrogen) atoms. The van der Waals surface area contributed by atoms with Gasteiger partial charge in [-0.3, -0.25) is 4.79 Å². The van der Waals surface area contributed by atoms with Crippen LogP contribution in [-0.2, 0) is 0 Å². The maximum absolute atomic E-state index is 12.5. The number of Topliss-reactive ketones (excluding diaryl/α,β-unsaturated/α-hetero) is 1. The predicted molar refractivity (Wildman–Crippen MR) is 75.1 cm³/mol. The fraction of sp³-hybridized carbons (Fsp3) is 0.188. The van der Waals surface area contributed by atoms with Gasteiger partial charge in [0.15, 0.2) is 5.78 Å². The monoisotopic (exact) mass is 266 g/mol. The van der Waals surface area contributed by atoms with Crippen LogP contribution in [0.4, 0.5) is 0 Å². The Bertz CT molecular complexity index is 653. The maximum atomic E-state index is 12.5. The molecule has 0 fully saturated rings. The summed E-state index contributed by atoms with van der Waals surface area (Å²) in [6.07, 6.45) is 0. The Morgan fingerprint density at radius 3 is 2.50 bits per heavy atom. The third-order valence-electron chi connectivity index (χ3n) is 3.53. The standard InChI is InChI=1S/C16H14N2O2/c19-14-9-5-4-8-12(14)13-10-17-18-15(13)16(20)11-6-2-1-3-7-11/h1-9,13,15,19H,10H2/t13-,15+/m1/s1. The number of rotatable bonds is 3. The van der Waals surface area contributed by atoms with Crippen LogP contribution in [0.5, 0.6) is 5.75 Å². The summed E-state index contributed by atoms with van der Waals surface area (Å²) < 4.78 is 0. The van der Waals surface area contributed by atoms with Crippen LogP contribution in [-0.4, -0.2) is 23.5 Å². The number of para-hydroxylation sites is 1. The zero-order valence-electron chi connectivity index (χ0n) is 10.8. The van der Waals surface area contributed by atoms with Gasteiger partial charge in [-0.1, -0.05) is 48.5 Å². The zero-order valence-corrected chi connectivity index (χ0v) is 10.8. The molecule has 0 bridgehead atoms. The molecular formula is C16H14N2O2. The third-order valence-corrected chi connectivity index (χ3v) is 3.53. The van der Waals surface area contributed by atoms with Crippen molar-refractivity contribution in [1.29, 1.82) is 0 Å². The molecule has 0 saturated heterocycles. The minimum absolute atomic E-state index is 0.0555. The van der Waals surface area contributed by atoms with Gasteiger partial charge in [-0.2, -0.15) is 10.2 Å². The molecule has 1 heterocycles. The van der Waals surface area contributed by atoms with Crippen LogP contribution in [0.15, 0.2) is 64.8 Å². The van der Waals surface area contributed by atoms with Crippen molar-refractivity contribution in [2.75, 3.05) is 6.54 Å². The average molecular weight is 266 g/mol. The molecule has 0 saturated carbocycles. The highest BCUT2D eigenvalue weighted by Crippen LogP contribution is 2.34. The number of azo groups is 1. The van der Waals surface area contributed by atoms with Gasteiger partial charge in [-0.25, -0.2) is 0 Å². The van der Waals surface area contributed by atoms with Gasteiger partial charge in [-0.15, -0.1) is 0 Å². The molecule has 0 aliphatic carbocycles. The van der Waals surface area contributed by atoms with E-state index in [1.807, 2.05) is 30.3 Å². The van der Waals surface area contributed by atoms with Crippen LogP contribution in [0.1, 0.15) is 21.8 Å². The Hall–Kier alpha value is -2.49. The van der Waals surface area contributed by atoms with Gasteiger partial charge in [0, 0.05) is 17.0 Å². The van der Waals surface area contributed by atoms with Crippen molar-refractivity contribution < 1.29 is 9.90 Å². The molecule has 2 aromatic carbocycles. The minimum Gasteiger partial charge on any atom is -0.508 e. The van der Waals surface area contributed by atoms with Crippen LogP contribution < -0.4 is 0 Å². The number of phenolic OH excluding ortho intramolecular Hbond substituents is 1. The molecule has 0 radical (unpaired) electrons. The maximum Gasteiger partial charge on any atom is 0.189 e. The van der Waals surface area contributed by atoms with Crippen molar-refractivity contribution in [3.05, 3.63) is 65.7 Å². The molecular weight excluding hydrogens is 252 g/mol. The van der Waals surface area contributed by atoms with E-state index in [4.69, 9.17) is 0 Å². The highest BCUT2D eigenvalue weighted by molar-refractivity contribution is 6.01. The molecule has 2 aromatic rings. The lowest BCUT2D eigenvalue weighted by atomic mass is 9.87. The van der Waals surface area contributed by atoms with Gasteiger partial charge in [-0.05, 0) is 6.07 Å². The molecule has 1 N–H and O–H groups in total. The van der Waals surface area contributed by atoms with Crippen molar-refractivity contribution in [2.45, 2.75) is 12.0 Å². The first-order valence-electron chi connectivity index (χ1n) is 6.51. The fourth-order valence-electron chi connectivity index (χ4n) is 2.48. The Morgan fingerprint density at radius 1 is 1.05 bits per heavy atom. The summed E-state index contributed by atoms with van der Waals surface area (Å²) in [5.74, 6) is -0.0559. The van der Waals surface area contributed by atoms with Crippen molar-refractivity contribution in [3.8, 4) is 5.75 Å². The number of carbonyl (C=O) groups is 1.